The average molecular weight is 210 g/mol. The molecule has 1 aromatic heterocycles. The molecule has 0 saturated heterocycles. The van der Waals surface area contributed by atoms with Crippen LogP contribution in [-0.2, 0) is 11.3 Å². The van der Waals surface area contributed by atoms with Gasteiger partial charge in [-0.1, -0.05) is 13.8 Å². The molecule has 84 valence electrons. The highest BCUT2D eigenvalue weighted by Crippen LogP contribution is 2.11. The zero-order valence-electron chi connectivity index (χ0n) is 9.23. The summed E-state index contributed by atoms with van der Waals surface area (Å²) in [5, 5.41) is 7.19. The summed E-state index contributed by atoms with van der Waals surface area (Å²) in [6, 6.07) is -0.430. The number of carbonyl (C=O) groups is 1. The van der Waals surface area contributed by atoms with Gasteiger partial charge in [-0.15, -0.1) is 0 Å². The van der Waals surface area contributed by atoms with Crippen molar-refractivity contribution in [2.24, 2.45) is 5.73 Å². The van der Waals surface area contributed by atoms with Gasteiger partial charge in [-0.2, -0.15) is 5.10 Å². The second-order valence-corrected chi connectivity index (χ2v) is 3.43. The lowest BCUT2D eigenvalue weighted by Gasteiger charge is -2.11. The van der Waals surface area contributed by atoms with Crippen LogP contribution in [0.1, 0.15) is 31.9 Å². The number of amides is 1. The topological polar surface area (TPSA) is 72.9 Å². The maximum atomic E-state index is 11.2. The lowest BCUT2D eigenvalue weighted by Crippen LogP contribution is -2.33. The molecule has 15 heavy (non-hydrogen) atoms. The number of hydrogen-bond acceptors (Lipinski definition) is 3. The fourth-order valence-corrected chi connectivity index (χ4v) is 1.47. The molecule has 0 saturated carbocycles. The van der Waals surface area contributed by atoms with Crippen LogP contribution in [0.5, 0.6) is 0 Å². The highest BCUT2D eigenvalue weighted by atomic mass is 16.1. The summed E-state index contributed by atoms with van der Waals surface area (Å²) in [6.45, 7) is 5.58. The summed E-state index contributed by atoms with van der Waals surface area (Å²) in [6.07, 6.45) is 4.57. The lowest BCUT2D eigenvalue weighted by molar-refractivity contribution is -0.120. The molecular formula is C10H18N4O. The molecule has 0 aromatic carbocycles. The minimum Gasteiger partial charge on any atom is -0.368 e. The maximum Gasteiger partial charge on any atom is 0.239 e. The molecule has 0 radical (unpaired) electrons. The number of aryl methyl sites for hydroxylation is 1. The van der Waals surface area contributed by atoms with Gasteiger partial charge in [0.2, 0.25) is 5.91 Å². The summed E-state index contributed by atoms with van der Waals surface area (Å²) in [4.78, 5) is 11.2. The van der Waals surface area contributed by atoms with Crippen molar-refractivity contribution in [1.82, 2.24) is 15.1 Å². The third kappa shape index (κ3) is 3.06. The number of likely N-dealkylation sites (N-methyl/N-ethyl adjacent to an activating group) is 1. The molecule has 3 N–H and O–H groups in total. The Morgan fingerprint density at radius 3 is 2.93 bits per heavy atom. The first kappa shape index (κ1) is 11.7. The molecule has 1 rings (SSSR count). The van der Waals surface area contributed by atoms with Crippen LogP contribution in [-0.4, -0.2) is 22.2 Å². The van der Waals surface area contributed by atoms with Gasteiger partial charge in [0, 0.05) is 18.3 Å². The number of carbonyl (C=O) groups excluding carboxylic acids is 1. The minimum absolute atomic E-state index is 0.368. The number of aromatic nitrogens is 2. The van der Waals surface area contributed by atoms with Crippen LogP contribution in [0, 0.1) is 0 Å². The Morgan fingerprint density at radius 2 is 2.40 bits per heavy atom. The number of primary amides is 1. The number of nitrogens with two attached hydrogens (primary N) is 1. The van der Waals surface area contributed by atoms with Gasteiger partial charge >= 0.3 is 0 Å². The van der Waals surface area contributed by atoms with Crippen molar-refractivity contribution >= 4 is 5.91 Å². The van der Waals surface area contributed by atoms with E-state index in [1.807, 2.05) is 17.8 Å². The highest BCUT2D eigenvalue weighted by Gasteiger charge is 2.17. The van der Waals surface area contributed by atoms with Crippen LogP contribution in [0.3, 0.4) is 0 Å². The van der Waals surface area contributed by atoms with Gasteiger partial charge in [0.1, 0.15) is 6.04 Å². The first-order valence-electron chi connectivity index (χ1n) is 5.24. The number of nitrogens with one attached hydrogen (secondary N) is 1. The van der Waals surface area contributed by atoms with E-state index in [9.17, 15) is 4.79 Å². The molecule has 5 nitrogen and oxygen atoms in total. The molecular weight excluding hydrogens is 192 g/mol. The highest BCUT2D eigenvalue weighted by molar-refractivity contribution is 5.81. The smallest absolute Gasteiger partial charge is 0.239 e. The quantitative estimate of drug-likeness (QED) is 0.715. The molecule has 0 aliphatic carbocycles. The zero-order chi connectivity index (χ0) is 11.3. The van der Waals surface area contributed by atoms with Crippen molar-refractivity contribution in [2.45, 2.75) is 32.9 Å². The molecule has 1 amide bonds. The fourth-order valence-electron chi connectivity index (χ4n) is 1.47. The zero-order valence-corrected chi connectivity index (χ0v) is 9.23. The van der Waals surface area contributed by atoms with Gasteiger partial charge in [0.25, 0.3) is 0 Å². The average Bonchev–Trinajstić information content (AvgIpc) is 2.62. The van der Waals surface area contributed by atoms with E-state index in [1.54, 1.807) is 6.20 Å². The van der Waals surface area contributed by atoms with Gasteiger partial charge in [0.15, 0.2) is 0 Å². The van der Waals surface area contributed by atoms with Crippen molar-refractivity contribution in [3.63, 3.8) is 0 Å². The molecule has 0 spiro atoms. The predicted molar refractivity (Wildman–Crippen MR) is 58.1 cm³/mol. The summed E-state index contributed by atoms with van der Waals surface area (Å²) in [5.74, 6) is -0.368. The summed E-state index contributed by atoms with van der Waals surface area (Å²) in [7, 11) is 0. The SMILES string of the molecule is CCCn1cc(C(NCC)C(N)=O)cn1. The molecule has 5 heteroatoms. The Kier molecular flexibility index (Phi) is 4.30. The fraction of sp³-hybridized carbons (Fsp3) is 0.600. The third-order valence-electron chi connectivity index (χ3n) is 2.13. The third-order valence-corrected chi connectivity index (χ3v) is 2.13. The molecule has 0 aliphatic rings. The van der Waals surface area contributed by atoms with Crippen LogP contribution in [0.4, 0.5) is 0 Å². The van der Waals surface area contributed by atoms with Crippen molar-refractivity contribution in [1.29, 1.82) is 0 Å². The number of nitrogens with zero attached hydrogens (tertiary/aromatic N) is 2. The number of rotatable bonds is 6. The first-order valence-corrected chi connectivity index (χ1v) is 5.24. The second kappa shape index (κ2) is 5.50. The monoisotopic (exact) mass is 210 g/mol. The van der Waals surface area contributed by atoms with Crippen LogP contribution in [0.2, 0.25) is 0 Å². The van der Waals surface area contributed by atoms with E-state index in [0.29, 0.717) is 6.54 Å². The largest absolute Gasteiger partial charge is 0.368 e. The molecule has 1 unspecified atom stereocenters. The van der Waals surface area contributed by atoms with Crippen LogP contribution < -0.4 is 11.1 Å². The second-order valence-electron chi connectivity index (χ2n) is 3.43. The summed E-state index contributed by atoms with van der Waals surface area (Å²) < 4.78 is 1.82. The van der Waals surface area contributed by atoms with Crippen molar-refractivity contribution in [3.8, 4) is 0 Å². The number of hydrogen-bond donors (Lipinski definition) is 2. The molecule has 0 fully saturated rings. The standard InChI is InChI=1S/C10H18N4O/c1-3-5-14-7-8(6-13-14)9(10(11)15)12-4-2/h6-7,9,12H,3-5H2,1-2H3,(H2,11,15). The van der Waals surface area contributed by atoms with Gasteiger partial charge in [-0.05, 0) is 13.0 Å². The van der Waals surface area contributed by atoms with E-state index in [4.69, 9.17) is 5.73 Å². The Hall–Kier alpha value is -1.36. The Morgan fingerprint density at radius 1 is 1.67 bits per heavy atom. The van der Waals surface area contributed by atoms with E-state index in [2.05, 4.69) is 17.3 Å². The molecule has 0 aliphatic heterocycles. The molecule has 1 atom stereocenters. The first-order chi connectivity index (χ1) is 7.19. The van der Waals surface area contributed by atoms with Gasteiger partial charge in [0.05, 0.1) is 6.20 Å². The van der Waals surface area contributed by atoms with Crippen molar-refractivity contribution in [3.05, 3.63) is 18.0 Å². The van der Waals surface area contributed by atoms with E-state index < -0.39 is 6.04 Å². The summed E-state index contributed by atoms with van der Waals surface area (Å²) in [5.41, 5.74) is 6.13. The Bertz CT molecular complexity index is 321. The van der Waals surface area contributed by atoms with Crippen LogP contribution >= 0.6 is 0 Å². The summed E-state index contributed by atoms with van der Waals surface area (Å²) >= 11 is 0. The van der Waals surface area contributed by atoms with Gasteiger partial charge in [-0.25, -0.2) is 0 Å². The predicted octanol–water partition coefficient (Wildman–Crippen LogP) is 0.429. The Labute approximate surface area is 89.6 Å². The minimum atomic E-state index is -0.430. The Balaban J connectivity index is 2.77. The van der Waals surface area contributed by atoms with E-state index in [-0.39, 0.29) is 5.91 Å². The van der Waals surface area contributed by atoms with E-state index in [1.165, 1.54) is 0 Å². The maximum absolute atomic E-state index is 11.2. The van der Waals surface area contributed by atoms with Crippen LogP contribution in [0.15, 0.2) is 12.4 Å². The lowest BCUT2D eigenvalue weighted by atomic mass is 10.1. The molecule has 0 bridgehead atoms. The van der Waals surface area contributed by atoms with Gasteiger partial charge in [-0.3, -0.25) is 9.48 Å². The van der Waals surface area contributed by atoms with E-state index >= 15 is 0 Å². The molecule has 1 heterocycles. The van der Waals surface area contributed by atoms with Crippen LogP contribution in [0.25, 0.3) is 0 Å². The van der Waals surface area contributed by atoms with Crippen molar-refractivity contribution < 1.29 is 4.79 Å². The van der Waals surface area contributed by atoms with E-state index in [0.717, 1.165) is 18.5 Å². The van der Waals surface area contributed by atoms with Gasteiger partial charge < -0.3 is 11.1 Å². The van der Waals surface area contributed by atoms with Crippen molar-refractivity contribution in [2.75, 3.05) is 6.54 Å². The normalized spacial score (nSPS) is 12.7. The molecule has 1 aromatic rings.